The number of ether oxygens (including phenoxy) is 3. The molecule has 2 N–H and O–H groups in total. The minimum atomic E-state index is -1.08. The molecule has 1 saturated heterocycles. The highest BCUT2D eigenvalue weighted by Crippen LogP contribution is 2.42. The Morgan fingerprint density at radius 1 is 1.04 bits per heavy atom. The zero-order chi connectivity index (χ0) is 37.6. The number of morpholine rings is 1. The van der Waals surface area contributed by atoms with Crippen LogP contribution in [0.25, 0.3) is 0 Å². The molecule has 2 aromatic heterocycles. The molecular formula is C37H41F2N9O5. The third-order valence-corrected chi connectivity index (χ3v) is 8.78. The number of benzene rings is 2. The molecule has 2 aromatic carbocycles. The lowest BCUT2D eigenvalue weighted by atomic mass is 10.0. The maximum absolute atomic E-state index is 15.9. The van der Waals surface area contributed by atoms with Gasteiger partial charge in [-0.25, -0.2) is 23.5 Å². The molecule has 2 aliphatic rings. The van der Waals surface area contributed by atoms with Crippen molar-refractivity contribution in [1.82, 2.24) is 19.9 Å². The summed E-state index contributed by atoms with van der Waals surface area (Å²) >= 11 is 0. The Morgan fingerprint density at radius 3 is 2.43 bits per heavy atom. The standard InChI is InChI=1S/C37H41F2N9O5/c1-23(24-8-6-9-26(18-24)42-31(49)10-7-13-45(2)3)48-35-25(22-47(37(48)50)34-32(38)28(51-4)19-29(52-5)33(34)39)20-41-36(44-35)43-30-12-11-27(21-40-30)46-14-16-53-17-15-46/h6-12,18-21,23H,13-17,22H2,1-5H3,(H,42,49)(H,40,41,43,44)/b10-7+. The van der Waals surface area contributed by atoms with Crippen LogP contribution in [0.5, 0.6) is 11.5 Å². The Labute approximate surface area is 306 Å². The summed E-state index contributed by atoms with van der Waals surface area (Å²) < 4.78 is 47.5. The van der Waals surface area contributed by atoms with Crippen molar-refractivity contribution in [3.8, 4) is 11.5 Å². The Balaban J connectivity index is 1.36. The first kappa shape index (κ1) is 36.9. The molecule has 0 aliphatic carbocycles. The normalized spacial score (nSPS) is 15.1. The number of hydrogen-bond acceptors (Lipinski definition) is 11. The van der Waals surface area contributed by atoms with E-state index >= 15 is 8.78 Å². The fourth-order valence-electron chi connectivity index (χ4n) is 6.03. The number of rotatable bonds is 12. The van der Waals surface area contributed by atoms with Crippen LogP contribution in [0.2, 0.25) is 0 Å². The van der Waals surface area contributed by atoms with Gasteiger partial charge in [0.1, 0.15) is 17.3 Å². The molecule has 6 rings (SSSR count). The van der Waals surface area contributed by atoms with Gasteiger partial charge >= 0.3 is 6.03 Å². The van der Waals surface area contributed by atoms with Crippen molar-refractivity contribution in [3.05, 3.63) is 89.8 Å². The van der Waals surface area contributed by atoms with Crippen LogP contribution < -0.4 is 34.8 Å². The van der Waals surface area contributed by atoms with E-state index in [-0.39, 0.29) is 35.7 Å². The number of urea groups is 1. The summed E-state index contributed by atoms with van der Waals surface area (Å²) in [6.45, 7) is 4.90. The Morgan fingerprint density at radius 2 is 1.77 bits per heavy atom. The van der Waals surface area contributed by atoms with Crippen molar-refractivity contribution in [2.45, 2.75) is 19.5 Å². The van der Waals surface area contributed by atoms with E-state index in [4.69, 9.17) is 19.2 Å². The molecule has 4 aromatic rings. The summed E-state index contributed by atoms with van der Waals surface area (Å²) in [5, 5.41) is 5.95. The first-order chi connectivity index (χ1) is 25.6. The molecule has 278 valence electrons. The second-order valence-electron chi connectivity index (χ2n) is 12.6. The lowest BCUT2D eigenvalue weighted by molar-refractivity contribution is -0.111. The van der Waals surface area contributed by atoms with E-state index < -0.39 is 29.4 Å². The highest BCUT2D eigenvalue weighted by Gasteiger charge is 2.40. The van der Waals surface area contributed by atoms with Crippen LogP contribution in [-0.4, -0.2) is 93.0 Å². The van der Waals surface area contributed by atoms with Gasteiger partial charge in [0.2, 0.25) is 11.9 Å². The predicted molar refractivity (Wildman–Crippen MR) is 197 cm³/mol. The van der Waals surface area contributed by atoms with Crippen LogP contribution in [0.1, 0.15) is 24.1 Å². The summed E-state index contributed by atoms with van der Waals surface area (Å²) in [6.07, 6.45) is 6.43. The number of anilines is 6. The van der Waals surface area contributed by atoms with E-state index in [0.717, 1.165) is 29.7 Å². The van der Waals surface area contributed by atoms with Gasteiger partial charge in [-0.2, -0.15) is 4.98 Å². The molecule has 14 nitrogen and oxygen atoms in total. The highest BCUT2D eigenvalue weighted by molar-refractivity contribution is 6.06. The molecule has 2 aliphatic heterocycles. The first-order valence-electron chi connectivity index (χ1n) is 16.9. The minimum absolute atomic E-state index is 0.153. The molecule has 0 bridgehead atoms. The van der Waals surface area contributed by atoms with Crippen molar-refractivity contribution in [3.63, 3.8) is 0 Å². The fraction of sp³-hybridized carbons (Fsp3) is 0.324. The van der Waals surface area contributed by atoms with E-state index in [0.29, 0.717) is 42.4 Å². The molecule has 1 unspecified atom stereocenters. The number of amides is 3. The van der Waals surface area contributed by atoms with Crippen LogP contribution in [-0.2, 0) is 16.1 Å². The molecular weight excluding hydrogens is 688 g/mol. The Kier molecular flexibility index (Phi) is 11.3. The molecule has 0 radical (unpaired) electrons. The Bertz CT molecular complexity index is 1960. The zero-order valence-corrected chi connectivity index (χ0v) is 30.1. The number of carbonyl (C=O) groups is 2. The maximum atomic E-state index is 15.9. The molecule has 53 heavy (non-hydrogen) atoms. The van der Waals surface area contributed by atoms with Crippen LogP contribution in [0.3, 0.4) is 0 Å². The van der Waals surface area contributed by atoms with Gasteiger partial charge in [0.25, 0.3) is 0 Å². The van der Waals surface area contributed by atoms with Crippen LogP contribution in [0.15, 0.2) is 67.0 Å². The molecule has 4 heterocycles. The number of pyridine rings is 1. The number of carbonyl (C=O) groups excluding carboxylic acids is 2. The van der Waals surface area contributed by atoms with E-state index in [1.54, 1.807) is 49.5 Å². The number of hydrogen-bond donors (Lipinski definition) is 2. The van der Waals surface area contributed by atoms with Crippen molar-refractivity contribution in [1.29, 1.82) is 0 Å². The third kappa shape index (κ3) is 8.13. The van der Waals surface area contributed by atoms with E-state index in [1.807, 2.05) is 25.1 Å². The van der Waals surface area contributed by atoms with Crippen molar-refractivity contribution in [2.24, 2.45) is 0 Å². The smallest absolute Gasteiger partial charge is 0.331 e. The predicted octanol–water partition coefficient (Wildman–Crippen LogP) is 5.51. The number of methoxy groups -OCH3 is 2. The van der Waals surface area contributed by atoms with Crippen molar-refractivity contribution < 1.29 is 32.6 Å². The number of aromatic nitrogens is 3. The van der Waals surface area contributed by atoms with Gasteiger partial charge in [-0.1, -0.05) is 18.2 Å². The van der Waals surface area contributed by atoms with Crippen molar-refractivity contribution in [2.75, 3.05) is 86.5 Å². The second-order valence-corrected chi connectivity index (χ2v) is 12.6. The van der Waals surface area contributed by atoms with Gasteiger partial charge in [-0.05, 0) is 50.8 Å². The van der Waals surface area contributed by atoms with Crippen LogP contribution in [0.4, 0.5) is 48.2 Å². The SMILES string of the molecule is COc1cc(OC)c(F)c(N2Cc3cnc(Nc4ccc(N5CCOCC5)cn4)nc3N(C(C)c3cccc(NC(=O)/C=C/CN(C)C)c3)C2=O)c1F. The molecule has 16 heteroatoms. The Hall–Kier alpha value is -5.87. The molecule has 3 amide bonds. The van der Waals surface area contributed by atoms with Gasteiger partial charge in [0.15, 0.2) is 23.1 Å². The summed E-state index contributed by atoms with van der Waals surface area (Å²) in [6, 6.07) is 10.3. The van der Waals surface area contributed by atoms with Gasteiger partial charge in [-0.15, -0.1) is 0 Å². The number of nitrogens with one attached hydrogen (secondary N) is 2. The molecule has 1 atom stereocenters. The average molecular weight is 730 g/mol. The number of nitrogens with zero attached hydrogens (tertiary/aromatic N) is 7. The number of likely N-dealkylation sites (N-methyl/N-ethyl adjacent to an activating group) is 1. The summed E-state index contributed by atoms with van der Waals surface area (Å²) in [5.41, 5.74) is 1.81. The summed E-state index contributed by atoms with van der Waals surface area (Å²) in [5.74, 6) is -2.24. The first-order valence-corrected chi connectivity index (χ1v) is 16.9. The largest absolute Gasteiger partial charge is 0.493 e. The number of halogens is 2. The molecule has 0 saturated carbocycles. The van der Waals surface area contributed by atoms with Gasteiger partial charge in [-0.3, -0.25) is 14.6 Å². The zero-order valence-electron chi connectivity index (χ0n) is 30.1. The lowest BCUT2D eigenvalue weighted by Crippen LogP contribution is -2.49. The fourth-order valence-corrected chi connectivity index (χ4v) is 6.03. The van der Waals surface area contributed by atoms with E-state index in [1.165, 1.54) is 31.4 Å². The monoisotopic (exact) mass is 729 g/mol. The van der Waals surface area contributed by atoms with Gasteiger partial charge < -0.3 is 34.6 Å². The topological polar surface area (TPSA) is 138 Å². The van der Waals surface area contributed by atoms with E-state index in [2.05, 4.69) is 25.5 Å². The maximum Gasteiger partial charge on any atom is 0.331 e. The third-order valence-electron chi connectivity index (χ3n) is 8.78. The minimum Gasteiger partial charge on any atom is -0.493 e. The summed E-state index contributed by atoms with van der Waals surface area (Å²) in [4.78, 5) is 47.3. The van der Waals surface area contributed by atoms with Crippen LogP contribution >= 0.6 is 0 Å². The van der Waals surface area contributed by atoms with Crippen LogP contribution in [0, 0.1) is 11.6 Å². The van der Waals surface area contributed by atoms with Gasteiger partial charge in [0, 0.05) is 49.2 Å². The van der Waals surface area contributed by atoms with Crippen molar-refractivity contribution >= 4 is 46.6 Å². The average Bonchev–Trinajstić information content (AvgIpc) is 3.15. The van der Waals surface area contributed by atoms with Gasteiger partial charge in [0.05, 0.1) is 51.9 Å². The lowest BCUT2D eigenvalue weighted by Gasteiger charge is -2.39. The number of fused-ring (bicyclic) bond motifs is 1. The second kappa shape index (κ2) is 16.2. The van der Waals surface area contributed by atoms with E-state index in [9.17, 15) is 9.59 Å². The molecule has 1 fully saturated rings. The summed E-state index contributed by atoms with van der Waals surface area (Å²) in [7, 11) is 6.26. The highest BCUT2D eigenvalue weighted by atomic mass is 19.1. The molecule has 0 spiro atoms. The quantitative estimate of drug-likeness (QED) is 0.179.